The van der Waals surface area contributed by atoms with Crippen molar-refractivity contribution in [1.29, 1.82) is 0 Å². The maximum atomic E-state index is 12.1. The van der Waals surface area contributed by atoms with E-state index >= 15 is 0 Å². The van der Waals surface area contributed by atoms with Gasteiger partial charge in [-0.15, -0.1) is 0 Å². The molecule has 3 rings (SSSR count). The molecule has 0 atom stereocenters. The third-order valence-corrected chi connectivity index (χ3v) is 3.62. The van der Waals surface area contributed by atoms with Gasteiger partial charge in [0.2, 0.25) is 5.95 Å². The number of aromatic amines is 1. The molecule has 2 heterocycles. The molecular weight excluding hydrogens is 298 g/mol. The number of nitrogens with one attached hydrogen (secondary N) is 2. The molecule has 8 nitrogen and oxygen atoms in total. The molecule has 0 aliphatic carbocycles. The fourth-order valence-corrected chi connectivity index (χ4v) is 2.46. The number of fused-ring (bicyclic) bond motifs is 1. The zero-order chi connectivity index (χ0) is 16.4. The molecule has 2 aromatic heterocycles. The standard InChI is InChI=1S/C15H17N5O3/c1-19-12-11(13(22)18-15(19)23)20(7-8-21)14(17-12)16-9-10-5-3-2-4-6-10/h2-6,21H,7-9H2,1H3,(H,16,17)(H,18,22,23). The first kappa shape index (κ1) is 15.0. The van der Waals surface area contributed by atoms with Crippen LogP contribution >= 0.6 is 0 Å². The van der Waals surface area contributed by atoms with Crippen molar-refractivity contribution in [3.63, 3.8) is 0 Å². The number of H-pyrrole nitrogens is 1. The number of hydrogen-bond donors (Lipinski definition) is 3. The Morgan fingerprint density at radius 2 is 2.00 bits per heavy atom. The second-order valence-corrected chi connectivity index (χ2v) is 5.14. The summed E-state index contributed by atoms with van der Waals surface area (Å²) in [6.07, 6.45) is 0. The predicted molar refractivity (Wildman–Crippen MR) is 86.4 cm³/mol. The van der Waals surface area contributed by atoms with Gasteiger partial charge < -0.3 is 15.0 Å². The van der Waals surface area contributed by atoms with Crippen LogP contribution in [-0.4, -0.2) is 30.8 Å². The first-order valence-corrected chi connectivity index (χ1v) is 7.20. The van der Waals surface area contributed by atoms with Crippen LogP contribution in [0.4, 0.5) is 5.95 Å². The van der Waals surface area contributed by atoms with Gasteiger partial charge in [-0.2, -0.15) is 4.98 Å². The van der Waals surface area contributed by atoms with Crippen molar-refractivity contribution in [3.8, 4) is 0 Å². The fourth-order valence-electron chi connectivity index (χ4n) is 2.46. The first-order valence-electron chi connectivity index (χ1n) is 7.20. The Labute approximate surface area is 131 Å². The van der Waals surface area contributed by atoms with Crippen LogP contribution in [0.5, 0.6) is 0 Å². The zero-order valence-electron chi connectivity index (χ0n) is 12.6. The van der Waals surface area contributed by atoms with Gasteiger partial charge in [-0.25, -0.2) is 4.79 Å². The first-order chi connectivity index (χ1) is 11.1. The normalized spacial score (nSPS) is 11.0. The summed E-state index contributed by atoms with van der Waals surface area (Å²) in [6, 6.07) is 9.73. The van der Waals surface area contributed by atoms with E-state index in [1.807, 2.05) is 30.3 Å². The molecule has 120 valence electrons. The lowest BCUT2D eigenvalue weighted by molar-refractivity contribution is 0.278. The Kier molecular flexibility index (Phi) is 3.98. The molecule has 0 amide bonds. The average molecular weight is 315 g/mol. The van der Waals surface area contributed by atoms with Crippen molar-refractivity contribution in [2.24, 2.45) is 7.05 Å². The van der Waals surface area contributed by atoms with Crippen molar-refractivity contribution in [1.82, 2.24) is 19.1 Å². The molecule has 1 aromatic carbocycles. The van der Waals surface area contributed by atoms with Gasteiger partial charge in [0.25, 0.3) is 5.56 Å². The monoisotopic (exact) mass is 315 g/mol. The second-order valence-electron chi connectivity index (χ2n) is 5.14. The SMILES string of the molecule is Cn1c(=O)[nH]c(=O)c2c1nc(NCc1ccccc1)n2CCO. The van der Waals surface area contributed by atoms with Gasteiger partial charge in [0.1, 0.15) is 0 Å². The van der Waals surface area contributed by atoms with E-state index in [9.17, 15) is 14.7 Å². The van der Waals surface area contributed by atoms with Crippen molar-refractivity contribution in [2.75, 3.05) is 11.9 Å². The number of aromatic nitrogens is 4. The van der Waals surface area contributed by atoms with Gasteiger partial charge >= 0.3 is 5.69 Å². The maximum Gasteiger partial charge on any atom is 0.329 e. The molecule has 0 radical (unpaired) electrons. The largest absolute Gasteiger partial charge is 0.395 e. The minimum absolute atomic E-state index is 0.145. The third-order valence-electron chi connectivity index (χ3n) is 3.62. The fraction of sp³-hybridized carbons (Fsp3) is 0.267. The number of aliphatic hydroxyl groups excluding tert-OH is 1. The van der Waals surface area contributed by atoms with Gasteiger partial charge in [0, 0.05) is 20.1 Å². The van der Waals surface area contributed by atoms with Gasteiger partial charge in [-0.1, -0.05) is 30.3 Å². The number of benzene rings is 1. The summed E-state index contributed by atoms with van der Waals surface area (Å²) in [7, 11) is 1.54. The Hall–Kier alpha value is -2.87. The van der Waals surface area contributed by atoms with Crippen molar-refractivity contribution in [3.05, 3.63) is 56.7 Å². The number of aliphatic hydroxyl groups is 1. The molecule has 0 bridgehead atoms. The lowest BCUT2D eigenvalue weighted by Crippen LogP contribution is -2.29. The Morgan fingerprint density at radius 3 is 2.70 bits per heavy atom. The zero-order valence-corrected chi connectivity index (χ0v) is 12.6. The molecule has 0 unspecified atom stereocenters. The molecule has 0 spiro atoms. The van der Waals surface area contributed by atoms with Crippen molar-refractivity contribution >= 4 is 17.1 Å². The van der Waals surface area contributed by atoms with E-state index in [2.05, 4.69) is 15.3 Å². The predicted octanol–water partition coefficient (Wildman–Crippen LogP) is 0.0277. The minimum Gasteiger partial charge on any atom is -0.395 e. The minimum atomic E-state index is -0.522. The van der Waals surface area contributed by atoms with Crippen LogP contribution in [0.25, 0.3) is 11.2 Å². The number of rotatable bonds is 5. The van der Waals surface area contributed by atoms with E-state index in [1.54, 1.807) is 4.57 Å². The number of aryl methyl sites for hydroxylation is 1. The van der Waals surface area contributed by atoms with Gasteiger partial charge in [0.15, 0.2) is 11.2 Å². The van der Waals surface area contributed by atoms with Gasteiger partial charge in [-0.3, -0.25) is 14.3 Å². The molecule has 0 fully saturated rings. The molecule has 3 aromatic rings. The topological polar surface area (TPSA) is 105 Å². The molecule has 3 N–H and O–H groups in total. The number of anilines is 1. The van der Waals surface area contributed by atoms with Crippen LogP contribution in [0.15, 0.2) is 39.9 Å². The number of hydrogen-bond acceptors (Lipinski definition) is 5. The summed E-state index contributed by atoms with van der Waals surface area (Å²) in [6.45, 7) is 0.574. The highest BCUT2D eigenvalue weighted by atomic mass is 16.3. The molecule has 0 saturated carbocycles. The van der Waals surface area contributed by atoms with E-state index in [1.165, 1.54) is 11.6 Å². The Balaban J connectivity index is 2.07. The molecule has 0 aliphatic heterocycles. The summed E-state index contributed by atoms with van der Waals surface area (Å²) in [5, 5.41) is 12.4. The highest BCUT2D eigenvalue weighted by Gasteiger charge is 2.16. The summed E-state index contributed by atoms with van der Waals surface area (Å²) >= 11 is 0. The lowest BCUT2D eigenvalue weighted by Gasteiger charge is -2.09. The Morgan fingerprint density at radius 1 is 1.26 bits per heavy atom. The van der Waals surface area contributed by atoms with E-state index < -0.39 is 11.2 Å². The number of imidazole rings is 1. The maximum absolute atomic E-state index is 12.1. The summed E-state index contributed by atoms with van der Waals surface area (Å²) in [4.78, 5) is 30.4. The highest BCUT2D eigenvalue weighted by Crippen LogP contribution is 2.15. The summed E-state index contributed by atoms with van der Waals surface area (Å²) < 4.78 is 2.86. The average Bonchev–Trinajstić information content (AvgIpc) is 2.91. The van der Waals surface area contributed by atoms with Crippen molar-refractivity contribution in [2.45, 2.75) is 13.1 Å². The van der Waals surface area contributed by atoms with Crippen LogP contribution in [0.2, 0.25) is 0 Å². The number of nitrogens with zero attached hydrogens (tertiary/aromatic N) is 3. The molecule has 23 heavy (non-hydrogen) atoms. The lowest BCUT2D eigenvalue weighted by atomic mass is 10.2. The van der Waals surface area contributed by atoms with E-state index in [-0.39, 0.29) is 24.3 Å². The van der Waals surface area contributed by atoms with Crippen LogP contribution in [0.3, 0.4) is 0 Å². The van der Waals surface area contributed by atoms with Crippen LogP contribution in [-0.2, 0) is 20.1 Å². The molecule has 8 heteroatoms. The molecule has 0 aliphatic rings. The van der Waals surface area contributed by atoms with E-state index in [0.717, 1.165) is 5.56 Å². The highest BCUT2D eigenvalue weighted by molar-refractivity contribution is 5.74. The van der Waals surface area contributed by atoms with Crippen LogP contribution in [0.1, 0.15) is 5.56 Å². The quantitative estimate of drug-likeness (QED) is 0.616. The molecule has 0 saturated heterocycles. The third kappa shape index (κ3) is 2.76. The smallest absolute Gasteiger partial charge is 0.329 e. The van der Waals surface area contributed by atoms with E-state index in [0.29, 0.717) is 12.5 Å². The van der Waals surface area contributed by atoms with Gasteiger partial charge in [-0.05, 0) is 5.56 Å². The second kappa shape index (κ2) is 6.09. The van der Waals surface area contributed by atoms with Crippen LogP contribution in [0, 0.1) is 0 Å². The molecular formula is C15H17N5O3. The van der Waals surface area contributed by atoms with Gasteiger partial charge in [0.05, 0.1) is 6.61 Å². The van der Waals surface area contributed by atoms with E-state index in [4.69, 9.17) is 0 Å². The summed E-state index contributed by atoms with van der Waals surface area (Å²) in [5.74, 6) is 0.435. The van der Waals surface area contributed by atoms with Crippen LogP contribution < -0.4 is 16.6 Å². The van der Waals surface area contributed by atoms with Crippen molar-refractivity contribution < 1.29 is 5.11 Å². The Bertz CT molecular complexity index is 939. The summed E-state index contributed by atoms with van der Waals surface area (Å²) in [5.41, 5.74) is 0.556.